The maximum atomic E-state index is 12.2. The molecular weight excluding hydrogens is 326 g/mol. The zero-order chi connectivity index (χ0) is 17.9. The lowest BCUT2D eigenvalue weighted by Crippen LogP contribution is -2.49. The van der Waals surface area contributed by atoms with Crippen LogP contribution in [0.4, 0.5) is 0 Å². The molecule has 2 aromatic rings. The molecule has 0 spiro atoms. The highest BCUT2D eigenvalue weighted by atomic mass is 16.5. The van der Waals surface area contributed by atoms with Crippen molar-refractivity contribution in [1.29, 1.82) is 0 Å². The van der Waals surface area contributed by atoms with E-state index >= 15 is 0 Å². The van der Waals surface area contributed by atoms with Crippen LogP contribution in [0.3, 0.4) is 0 Å². The second-order valence-electron chi connectivity index (χ2n) is 7.61. The number of fused-ring (bicyclic) bond motifs is 1. The van der Waals surface area contributed by atoms with E-state index in [0.29, 0.717) is 11.8 Å². The van der Waals surface area contributed by atoms with Gasteiger partial charge in [0.1, 0.15) is 5.75 Å². The number of benzene rings is 2. The van der Waals surface area contributed by atoms with E-state index in [2.05, 4.69) is 4.90 Å². The van der Waals surface area contributed by atoms with Gasteiger partial charge < -0.3 is 9.84 Å². The summed E-state index contributed by atoms with van der Waals surface area (Å²) in [5, 5.41) is 12.0. The Labute approximate surface area is 154 Å². The Balaban J connectivity index is 1.63. The zero-order valence-corrected chi connectivity index (χ0v) is 15.1. The molecule has 1 saturated heterocycles. The molecule has 0 aromatic heterocycles. The first-order valence-corrected chi connectivity index (χ1v) is 9.85. The maximum Gasteiger partial charge on any atom is 0.345 e. The largest absolute Gasteiger partial charge is 0.478 e. The fourth-order valence-corrected chi connectivity index (χ4v) is 4.78. The molecule has 26 heavy (non-hydrogen) atoms. The fraction of sp³-hybridized carbons (Fsp3) is 0.500. The Kier molecular flexibility index (Phi) is 5.11. The van der Waals surface area contributed by atoms with Crippen molar-refractivity contribution in [1.82, 2.24) is 4.90 Å². The van der Waals surface area contributed by atoms with Crippen molar-refractivity contribution < 1.29 is 14.6 Å². The number of ether oxygens (including phenoxy) is 1. The molecule has 2 fully saturated rings. The first kappa shape index (κ1) is 17.3. The topological polar surface area (TPSA) is 49.8 Å². The van der Waals surface area contributed by atoms with Gasteiger partial charge in [0.05, 0.1) is 0 Å². The molecule has 3 atom stereocenters. The average molecular weight is 353 g/mol. The molecule has 1 aliphatic heterocycles. The quantitative estimate of drug-likeness (QED) is 0.869. The van der Waals surface area contributed by atoms with Crippen LogP contribution in [0.2, 0.25) is 0 Å². The summed E-state index contributed by atoms with van der Waals surface area (Å²) >= 11 is 0. The number of hydrogen-bond donors (Lipinski definition) is 1. The van der Waals surface area contributed by atoms with E-state index in [0.717, 1.165) is 43.1 Å². The lowest BCUT2D eigenvalue weighted by molar-refractivity contribution is -0.150. The van der Waals surface area contributed by atoms with Crippen molar-refractivity contribution in [3.05, 3.63) is 42.5 Å². The minimum Gasteiger partial charge on any atom is -0.478 e. The van der Waals surface area contributed by atoms with Gasteiger partial charge in [0.2, 0.25) is 0 Å². The zero-order valence-electron chi connectivity index (χ0n) is 15.1. The number of carboxylic acids is 1. The van der Waals surface area contributed by atoms with Crippen molar-refractivity contribution in [2.45, 2.75) is 50.7 Å². The van der Waals surface area contributed by atoms with Gasteiger partial charge in [-0.05, 0) is 50.2 Å². The normalized spacial score (nSPS) is 25.2. The molecule has 3 unspecified atom stereocenters. The number of rotatable bonds is 5. The monoisotopic (exact) mass is 353 g/mol. The van der Waals surface area contributed by atoms with Crippen LogP contribution < -0.4 is 4.74 Å². The van der Waals surface area contributed by atoms with E-state index in [1.54, 1.807) is 0 Å². The number of aliphatic carboxylic acids is 1. The molecule has 4 nitrogen and oxygen atoms in total. The smallest absolute Gasteiger partial charge is 0.345 e. The van der Waals surface area contributed by atoms with Crippen LogP contribution in [-0.2, 0) is 4.79 Å². The van der Waals surface area contributed by atoms with Gasteiger partial charge in [0.25, 0.3) is 0 Å². The summed E-state index contributed by atoms with van der Waals surface area (Å²) in [6, 6.07) is 14.2. The first-order chi connectivity index (χ1) is 12.7. The molecule has 0 amide bonds. The molecule has 4 heteroatoms. The van der Waals surface area contributed by atoms with Crippen LogP contribution in [0.1, 0.15) is 38.5 Å². The summed E-state index contributed by atoms with van der Waals surface area (Å²) in [7, 11) is 0. The Morgan fingerprint density at radius 2 is 1.73 bits per heavy atom. The third kappa shape index (κ3) is 3.43. The van der Waals surface area contributed by atoms with E-state index in [-0.39, 0.29) is 5.92 Å². The lowest BCUT2D eigenvalue weighted by atomic mass is 9.80. The highest BCUT2D eigenvalue weighted by Crippen LogP contribution is 2.36. The van der Waals surface area contributed by atoms with Gasteiger partial charge in [0.15, 0.2) is 6.10 Å². The van der Waals surface area contributed by atoms with Crippen LogP contribution >= 0.6 is 0 Å². The molecule has 1 N–H and O–H groups in total. The number of carbonyl (C=O) groups is 1. The summed E-state index contributed by atoms with van der Waals surface area (Å²) in [5.41, 5.74) is 0. The first-order valence-electron chi connectivity index (χ1n) is 9.85. The van der Waals surface area contributed by atoms with Crippen LogP contribution in [-0.4, -0.2) is 41.2 Å². The van der Waals surface area contributed by atoms with E-state index in [1.165, 1.54) is 19.3 Å². The van der Waals surface area contributed by atoms with Gasteiger partial charge in [-0.1, -0.05) is 49.2 Å². The van der Waals surface area contributed by atoms with E-state index in [1.807, 2.05) is 42.5 Å². The van der Waals surface area contributed by atoms with Crippen molar-refractivity contribution in [3.8, 4) is 5.75 Å². The fourth-order valence-electron chi connectivity index (χ4n) is 4.78. The second-order valence-corrected chi connectivity index (χ2v) is 7.61. The predicted octanol–water partition coefficient (Wildman–Crippen LogP) is 4.33. The Hall–Kier alpha value is -2.07. The van der Waals surface area contributed by atoms with Crippen molar-refractivity contribution in [3.63, 3.8) is 0 Å². The molecule has 1 saturated carbocycles. The minimum atomic E-state index is -0.839. The molecule has 2 aromatic carbocycles. The highest BCUT2D eigenvalue weighted by Gasteiger charge is 2.41. The summed E-state index contributed by atoms with van der Waals surface area (Å²) in [4.78, 5) is 14.7. The summed E-state index contributed by atoms with van der Waals surface area (Å²) in [6.45, 7) is 2.20. The molecule has 1 aliphatic carbocycles. The standard InChI is InChI=1S/C22H27NO3/c24-22(25)21(18-11-3-4-12-19(18)23-14-5-6-15-23)26-20-13-7-9-16-8-1-2-10-17(16)20/h1-2,7-10,13,18-19,21H,3-6,11-12,14-15H2,(H,24,25). The second kappa shape index (κ2) is 7.67. The third-order valence-corrected chi connectivity index (χ3v) is 6.03. The number of carboxylic acid groups (broad SMARTS) is 1. The third-order valence-electron chi connectivity index (χ3n) is 6.03. The van der Waals surface area contributed by atoms with Gasteiger partial charge in [-0.15, -0.1) is 0 Å². The van der Waals surface area contributed by atoms with E-state index in [9.17, 15) is 9.90 Å². The maximum absolute atomic E-state index is 12.2. The molecule has 138 valence electrons. The summed E-state index contributed by atoms with van der Waals surface area (Å²) < 4.78 is 6.19. The summed E-state index contributed by atoms with van der Waals surface area (Å²) in [6.07, 6.45) is 5.98. The van der Waals surface area contributed by atoms with Crippen molar-refractivity contribution in [2.24, 2.45) is 5.92 Å². The molecule has 2 aliphatic rings. The lowest BCUT2D eigenvalue weighted by Gasteiger charge is -2.40. The number of likely N-dealkylation sites (tertiary alicyclic amines) is 1. The van der Waals surface area contributed by atoms with Gasteiger partial charge in [0, 0.05) is 17.3 Å². The molecule has 0 bridgehead atoms. The molecule has 0 radical (unpaired) electrons. The van der Waals surface area contributed by atoms with Gasteiger partial charge in [-0.3, -0.25) is 4.90 Å². The van der Waals surface area contributed by atoms with Crippen LogP contribution in [0.15, 0.2) is 42.5 Å². The number of nitrogens with zero attached hydrogens (tertiary/aromatic N) is 1. The number of hydrogen-bond acceptors (Lipinski definition) is 3. The van der Waals surface area contributed by atoms with E-state index in [4.69, 9.17) is 4.74 Å². The van der Waals surface area contributed by atoms with Gasteiger partial charge in [-0.25, -0.2) is 4.79 Å². The highest BCUT2D eigenvalue weighted by molar-refractivity contribution is 5.88. The average Bonchev–Trinajstić information content (AvgIpc) is 3.20. The molecule has 4 rings (SSSR count). The van der Waals surface area contributed by atoms with Crippen LogP contribution in [0, 0.1) is 5.92 Å². The Bertz CT molecular complexity index is 764. The predicted molar refractivity (Wildman–Crippen MR) is 103 cm³/mol. The van der Waals surface area contributed by atoms with Gasteiger partial charge >= 0.3 is 5.97 Å². The SMILES string of the molecule is O=C(O)C(Oc1cccc2ccccc12)C1CCCCC1N1CCCC1. The van der Waals surface area contributed by atoms with Gasteiger partial charge in [-0.2, -0.15) is 0 Å². The van der Waals surface area contributed by atoms with Crippen LogP contribution in [0.25, 0.3) is 10.8 Å². The van der Waals surface area contributed by atoms with E-state index < -0.39 is 12.1 Å². The molecule has 1 heterocycles. The van der Waals surface area contributed by atoms with Crippen molar-refractivity contribution >= 4 is 16.7 Å². The summed E-state index contributed by atoms with van der Waals surface area (Å²) in [5.74, 6) is -0.103. The minimum absolute atomic E-state index is 0.0540. The Morgan fingerprint density at radius 3 is 2.54 bits per heavy atom. The van der Waals surface area contributed by atoms with Crippen LogP contribution in [0.5, 0.6) is 5.75 Å². The van der Waals surface area contributed by atoms with Crippen molar-refractivity contribution in [2.75, 3.05) is 13.1 Å². The molecular formula is C22H27NO3. The Morgan fingerprint density at radius 1 is 1.00 bits per heavy atom.